The summed E-state index contributed by atoms with van der Waals surface area (Å²) in [5.41, 5.74) is 6.00. The van der Waals surface area contributed by atoms with Gasteiger partial charge in [0.15, 0.2) is 0 Å². The lowest BCUT2D eigenvalue weighted by Crippen LogP contribution is -2.47. The molecule has 0 aromatic rings. The molecule has 2 rings (SSSR count). The Morgan fingerprint density at radius 1 is 1.11 bits per heavy atom. The zero-order valence-electron chi connectivity index (χ0n) is 12.4. The molecule has 2 saturated heterocycles. The van der Waals surface area contributed by atoms with Crippen LogP contribution in [-0.2, 0) is 0 Å². The molecule has 2 fully saturated rings. The molecule has 2 unspecified atom stereocenters. The van der Waals surface area contributed by atoms with E-state index in [4.69, 9.17) is 5.73 Å². The first-order chi connectivity index (χ1) is 8.61. The molecular formula is C15H31N3. The molecule has 2 aliphatic rings. The summed E-state index contributed by atoms with van der Waals surface area (Å²) in [7, 11) is 0. The fraction of sp³-hybridized carbons (Fsp3) is 1.00. The summed E-state index contributed by atoms with van der Waals surface area (Å²) in [6.45, 7) is 12.1. The zero-order valence-corrected chi connectivity index (χ0v) is 12.4. The molecule has 0 aromatic heterocycles. The van der Waals surface area contributed by atoms with E-state index in [0.29, 0.717) is 6.04 Å². The van der Waals surface area contributed by atoms with Gasteiger partial charge in [0, 0.05) is 31.2 Å². The van der Waals surface area contributed by atoms with E-state index < -0.39 is 0 Å². The number of rotatable bonds is 4. The molecule has 0 radical (unpaired) electrons. The van der Waals surface area contributed by atoms with Crippen molar-refractivity contribution in [3.05, 3.63) is 0 Å². The molecule has 0 aromatic carbocycles. The third kappa shape index (κ3) is 3.25. The van der Waals surface area contributed by atoms with Crippen molar-refractivity contribution < 1.29 is 0 Å². The van der Waals surface area contributed by atoms with E-state index >= 15 is 0 Å². The van der Waals surface area contributed by atoms with Crippen molar-refractivity contribution in [3.8, 4) is 0 Å². The van der Waals surface area contributed by atoms with Crippen molar-refractivity contribution in [1.29, 1.82) is 0 Å². The van der Waals surface area contributed by atoms with Gasteiger partial charge in [0.25, 0.3) is 0 Å². The van der Waals surface area contributed by atoms with Gasteiger partial charge in [-0.3, -0.25) is 9.80 Å². The molecule has 3 nitrogen and oxygen atoms in total. The second-order valence-electron chi connectivity index (χ2n) is 6.53. The molecule has 0 aliphatic carbocycles. The van der Waals surface area contributed by atoms with Crippen LogP contribution in [0.5, 0.6) is 0 Å². The Kier molecular flexibility index (Phi) is 5.05. The first-order valence-corrected chi connectivity index (χ1v) is 7.85. The summed E-state index contributed by atoms with van der Waals surface area (Å²) in [5, 5.41) is 0. The van der Waals surface area contributed by atoms with Gasteiger partial charge in [0.1, 0.15) is 0 Å². The highest BCUT2D eigenvalue weighted by Crippen LogP contribution is 2.24. The largest absolute Gasteiger partial charge is 0.328 e. The normalized spacial score (nSPS) is 30.2. The van der Waals surface area contributed by atoms with Crippen molar-refractivity contribution >= 4 is 0 Å². The molecule has 0 bridgehead atoms. The van der Waals surface area contributed by atoms with Gasteiger partial charge in [-0.05, 0) is 44.7 Å². The summed E-state index contributed by atoms with van der Waals surface area (Å²) in [6, 6.07) is 2.03. The minimum Gasteiger partial charge on any atom is -0.328 e. The van der Waals surface area contributed by atoms with E-state index in [1.807, 2.05) is 0 Å². The van der Waals surface area contributed by atoms with Crippen LogP contribution >= 0.6 is 0 Å². The van der Waals surface area contributed by atoms with Crippen LogP contribution in [-0.4, -0.2) is 54.1 Å². The van der Waals surface area contributed by atoms with Gasteiger partial charge in [-0.15, -0.1) is 0 Å². The maximum atomic E-state index is 6.00. The van der Waals surface area contributed by atoms with Gasteiger partial charge in [-0.1, -0.05) is 20.8 Å². The number of hydrogen-bond acceptors (Lipinski definition) is 3. The van der Waals surface area contributed by atoms with Crippen LogP contribution in [0.15, 0.2) is 0 Å². The maximum Gasteiger partial charge on any atom is 0.0235 e. The highest BCUT2D eigenvalue weighted by molar-refractivity contribution is 4.89. The molecule has 2 N–H and O–H groups in total. The van der Waals surface area contributed by atoms with Gasteiger partial charge in [0.05, 0.1) is 0 Å². The van der Waals surface area contributed by atoms with Crippen LogP contribution < -0.4 is 5.73 Å². The van der Waals surface area contributed by atoms with Crippen molar-refractivity contribution in [3.63, 3.8) is 0 Å². The number of hydrogen-bond donors (Lipinski definition) is 1. The van der Waals surface area contributed by atoms with Crippen molar-refractivity contribution in [2.75, 3.05) is 26.2 Å². The quantitative estimate of drug-likeness (QED) is 0.831. The molecule has 2 aliphatic heterocycles. The topological polar surface area (TPSA) is 32.5 Å². The average Bonchev–Trinajstić information content (AvgIpc) is 2.80. The Bertz CT molecular complexity index is 246. The first kappa shape index (κ1) is 14.3. The lowest BCUT2D eigenvalue weighted by atomic mass is 10.0. The van der Waals surface area contributed by atoms with Crippen LogP contribution in [0.2, 0.25) is 0 Å². The highest BCUT2D eigenvalue weighted by Gasteiger charge is 2.33. The lowest BCUT2D eigenvalue weighted by molar-refractivity contribution is 0.132. The van der Waals surface area contributed by atoms with Gasteiger partial charge in [-0.2, -0.15) is 0 Å². The van der Waals surface area contributed by atoms with Gasteiger partial charge in [-0.25, -0.2) is 0 Å². The summed E-state index contributed by atoms with van der Waals surface area (Å²) in [5.74, 6) is 0.781. The summed E-state index contributed by atoms with van der Waals surface area (Å²) in [6.07, 6.45) is 5.03. The highest BCUT2D eigenvalue weighted by atomic mass is 15.3. The summed E-state index contributed by atoms with van der Waals surface area (Å²) < 4.78 is 0. The minimum atomic E-state index is 0.456. The third-order valence-corrected chi connectivity index (χ3v) is 4.94. The van der Waals surface area contributed by atoms with Gasteiger partial charge >= 0.3 is 0 Å². The maximum absolute atomic E-state index is 6.00. The Labute approximate surface area is 113 Å². The number of likely N-dealkylation sites (tertiary alicyclic amines) is 2. The van der Waals surface area contributed by atoms with E-state index in [9.17, 15) is 0 Å². The second kappa shape index (κ2) is 6.36. The minimum absolute atomic E-state index is 0.456. The van der Waals surface area contributed by atoms with Crippen molar-refractivity contribution in [1.82, 2.24) is 9.80 Å². The Morgan fingerprint density at radius 2 is 1.78 bits per heavy atom. The first-order valence-electron chi connectivity index (χ1n) is 7.85. The Morgan fingerprint density at radius 3 is 2.33 bits per heavy atom. The third-order valence-electron chi connectivity index (χ3n) is 4.94. The second-order valence-corrected chi connectivity index (χ2v) is 6.53. The predicted octanol–water partition coefficient (Wildman–Crippen LogP) is 1.92. The fourth-order valence-electron chi connectivity index (χ4n) is 3.80. The molecular weight excluding hydrogens is 222 g/mol. The molecule has 0 amide bonds. The number of nitrogens with zero attached hydrogens (tertiary/aromatic N) is 2. The van der Waals surface area contributed by atoms with Gasteiger partial charge in [0.2, 0.25) is 0 Å². The standard InChI is InChI=1S/C15H31N3/c1-4-15(12(2)3)18-10-7-14(11-18)17-8-5-13(16)6-9-17/h12-15H,4-11,16H2,1-3H3. The Balaban J connectivity index is 1.84. The van der Waals surface area contributed by atoms with Gasteiger partial charge < -0.3 is 5.73 Å². The molecule has 3 heteroatoms. The fourth-order valence-corrected chi connectivity index (χ4v) is 3.80. The van der Waals surface area contributed by atoms with Crippen molar-refractivity contribution in [2.45, 2.75) is 64.6 Å². The van der Waals surface area contributed by atoms with Crippen LogP contribution in [0, 0.1) is 5.92 Å². The van der Waals surface area contributed by atoms with Crippen LogP contribution in [0.1, 0.15) is 46.5 Å². The lowest BCUT2D eigenvalue weighted by Gasteiger charge is -2.36. The summed E-state index contributed by atoms with van der Waals surface area (Å²) >= 11 is 0. The van der Waals surface area contributed by atoms with E-state index in [0.717, 1.165) is 18.0 Å². The van der Waals surface area contributed by atoms with E-state index in [1.54, 1.807) is 0 Å². The molecule has 0 spiro atoms. The molecule has 18 heavy (non-hydrogen) atoms. The molecule has 0 saturated carbocycles. The average molecular weight is 253 g/mol. The molecule has 106 valence electrons. The smallest absolute Gasteiger partial charge is 0.0235 e. The van der Waals surface area contributed by atoms with Crippen LogP contribution in [0.3, 0.4) is 0 Å². The summed E-state index contributed by atoms with van der Waals surface area (Å²) in [4.78, 5) is 5.42. The predicted molar refractivity (Wildman–Crippen MR) is 77.7 cm³/mol. The van der Waals surface area contributed by atoms with Crippen LogP contribution in [0.4, 0.5) is 0 Å². The zero-order chi connectivity index (χ0) is 13.1. The van der Waals surface area contributed by atoms with E-state index in [2.05, 4.69) is 30.6 Å². The SMILES string of the molecule is CCC(C(C)C)N1CCC(N2CCC(N)CC2)C1. The number of nitrogens with two attached hydrogens (primary N) is 1. The van der Waals surface area contributed by atoms with Crippen LogP contribution in [0.25, 0.3) is 0 Å². The number of piperidine rings is 1. The van der Waals surface area contributed by atoms with Crippen molar-refractivity contribution in [2.24, 2.45) is 11.7 Å². The molecule has 2 heterocycles. The van der Waals surface area contributed by atoms with E-state index in [-0.39, 0.29) is 0 Å². The monoisotopic (exact) mass is 253 g/mol. The Hall–Kier alpha value is -0.120. The molecule has 2 atom stereocenters. The van der Waals surface area contributed by atoms with E-state index in [1.165, 1.54) is 51.9 Å².